The van der Waals surface area contributed by atoms with Crippen molar-refractivity contribution in [3.63, 3.8) is 0 Å². The first-order valence-electron chi connectivity index (χ1n) is 6.93. The van der Waals surface area contributed by atoms with Crippen molar-refractivity contribution in [1.82, 2.24) is 10.2 Å². The molecule has 1 aromatic carbocycles. The molecular weight excluding hydrogens is 258 g/mol. The second-order valence-corrected chi connectivity index (χ2v) is 5.72. The highest BCUT2D eigenvalue weighted by Gasteiger charge is 2.22. The molecule has 1 N–H and O–H groups in total. The van der Waals surface area contributed by atoms with Crippen LogP contribution in [0.1, 0.15) is 32.6 Å². The molecule has 2 aromatic rings. The van der Waals surface area contributed by atoms with Crippen LogP contribution < -0.4 is 5.32 Å². The maximum Gasteiger partial charge on any atom is 0.159 e. The van der Waals surface area contributed by atoms with Gasteiger partial charge < -0.3 is 5.32 Å². The third-order valence-corrected chi connectivity index (χ3v) is 4.39. The molecule has 100 valence electrons. The third-order valence-electron chi connectivity index (χ3n) is 4.11. The first kappa shape index (κ1) is 12.7. The Morgan fingerprint density at radius 1 is 1.16 bits per heavy atom. The summed E-state index contributed by atoms with van der Waals surface area (Å²) in [7, 11) is 0. The number of rotatable bonds is 3. The van der Waals surface area contributed by atoms with E-state index < -0.39 is 0 Å². The Kier molecular flexibility index (Phi) is 3.56. The molecule has 1 saturated carbocycles. The van der Waals surface area contributed by atoms with Crippen molar-refractivity contribution in [2.24, 2.45) is 5.92 Å². The standard InChI is InChI=1S/C15H18ClN3/c1-10(11-6-2-3-7-11)17-15-13-9-5-4-8-12(13)14(16)18-19-15/h4-5,8-11H,2-3,6-7H2,1H3,(H,17,19). The van der Waals surface area contributed by atoms with Crippen molar-refractivity contribution >= 4 is 28.2 Å². The van der Waals surface area contributed by atoms with Gasteiger partial charge in [-0.05, 0) is 25.7 Å². The molecular formula is C15H18ClN3. The third kappa shape index (κ3) is 2.52. The number of fused-ring (bicyclic) bond motifs is 1. The second-order valence-electron chi connectivity index (χ2n) is 5.36. The molecule has 0 aliphatic heterocycles. The van der Waals surface area contributed by atoms with Gasteiger partial charge in [0.05, 0.1) is 0 Å². The Labute approximate surface area is 118 Å². The Bertz CT molecular complexity index is 579. The summed E-state index contributed by atoms with van der Waals surface area (Å²) in [6, 6.07) is 8.43. The van der Waals surface area contributed by atoms with Crippen LogP contribution in [0.4, 0.5) is 5.82 Å². The average Bonchev–Trinajstić information content (AvgIpc) is 2.96. The number of nitrogens with zero attached hydrogens (tertiary/aromatic N) is 2. The van der Waals surface area contributed by atoms with Crippen LogP contribution in [0.25, 0.3) is 10.8 Å². The van der Waals surface area contributed by atoms with Crippen LogP contribution in [0.5, 0.6) is 0 Å². The Morgan fingerprint density at radius 3 is 2.58 bits per heavy atom. The fourth-order valence-electron chi connectivity index (χ4n) is 2.97. The first-order chi connectivity index (χ1) is 9.25. The summed E-state index contributed by atoms with van der Waals surface area (Å²) < 4.78 is 0. The van der Waals surface area contributed by atoms with Crippen LogP contribution >= 0.6 is 11.6 Å². The second kappa shape index (κ2) is 5.33. The van der Waals surface area contributed by atoms with Crippen molar-refractivity contribution < 1.29 is 0 Å². The Balaban J connectivity index is 1.90. The summed E-state index contributed by atoms with van der Waals surface area (Å²) in [6.45, 7) is 2.24. The predicted molar refractivity (Wildman–Crippen MR) is 79.6 cm³/mol. The minimum Gasteiger partial charge on any atom is -0.365 e. The van der Waals surface area contributed by atoms with Crippen LogP contribution in [-0.4, -0.2) is 16.2 Å². The molecule has 1 fully saturated rings. The summed E-state index contributed by atoms with van der Waals surface area (Å²) in [5.74, 6) is 1.59. The maximum absolute atomic E-state index is 6.09. The van der Waals surface area contributed by atoms with Gasteiger partial charge in [0.2, 0.25) is 0 Å². The first-order valence-corrected chi connectivity index (χ1v) is 7.31. The highest BCUT2D eigenvalue weighted by Crippen LogP contribution is 2.31. The summed E-state index contributed by atoms with van der Waals surface area (Å²) >= 11 is 6.09. The molecule has 1 atom stereocenters. The maximum atomic E-state index is 6.09. The molecule has 1 heterocycles. The van der Waals surface area contributed by atoms with E-state index in [1.165, 1.54) is 25.7 Å². The van der Waals surface area contributed by atoms with Gasteiger partial charge in [0, 0.05) is 16.8 Å². The number of benzene rings is 1. The van der Waals surface area contributed by atoms with Crippen molar-refractivity contribution in [2.45, 2.75) is 38.6 Å². The van der Waals surface area contributed by atoms with Crippen LogP contribution in [0, 0.1) is 5.92 Å². The van der Waals surface area contributed by atoms with E-state index in [1.807, 2.05) is 24.3 Å². The Morgan fingerprint density at radius 2 is 1.84 bits per heavy atom. The molecule has 0 bridgehead atoms. The molecule has 0 spiro atoms. The lowest BCUT2D eigenvalue weighted by Gasteiger charge is -2.21. The highest BCUT2D eigenvalue weighted by atomic mass is 35.5. The molecule has 0 saturated heterocycles. The SMILES string of the molecule is CC(Nc1nnc(Cl)c2ccccc12)C1CCCC1. The fourth-order valence-corrected chi connectivity index (χ4v) is 3.17. The number of hydrogen-bond acceptors (Lipinski definition) is 3. The molecule has 1 unspecified atom stereocenters. The van der Waals surface area contributed by atoms with E-state index in [-0.39, 0.29) is 0 Å². The fraction of sp³-hybridized carbons (Fsp3) is 0.467. The molecule has 0 radical (unpaired) electrons. The molecule has 19 heavy (non-hydrogen) atoms. The van der Waals surface area contributed by atoms with E-state index in [0.29, 0.717) is 11.2 Å². The van der Waals surface area contributed by atoms with E-state index in [9.17, 15) is 0 Å². The van der Waals surface area contributed by atoms with Crippen molar-refractivity contribution in [1.29, 1.82) is 0 Å². The minimum atomic E-state index is 0.432. The van der Waals surface area contributed by atoms with Gasteiger partial charge in [-0.2, -0.15) is 0 Å². The van der Waals surface area contributed by atoms with E-state index in [0.717, 1.165) is 22.5 Å². The largest absolute Gasteiger partial charge is 0.365 e. The molecule has 1 aliphatic carbocycles. The van der Waals surface area contributed by atoms with Crippen molar-refractivity contribution in [3.8, 4) is 0 Å². The van der Waals surface area contributed by atoms with Gasteiger partial charge in [-0.1, -0.05) is 48.7 Å². The van der Waals surface area contributed by atoms with Crippen LogP contribution in [0.2, 0.25) is 5.15 Å². The van der Waals surface area contributed by atoms with Gasteiger partial charge in [-0.3, -0.25) is 0 Å². The van der Waals surface area contributed by atoms with Crippen molar-refractivity contribution in [3.05, 3.63) is 29.4 Å². The van der Waals surface area contributed by atoms with Gasteiger partial charge in [-0.15, -0.1) is 10.2 Å². The normalized spacial score (nSPS) is 17.8. The summed E-state index contributed by atoms with van der Waals surface area (Å²) in [6.07, 6.45) is 5.33. The molecule has 4 heteroatoms. The van der Waals surface area contributed by atoms with Crippen LogP contribution in [-0.2, 0) is 0 Å². The summed E-state index contributed by atoms with van der Waals surface area (Å²) in [4.78, 5) is 0. The zero-order chi connectivity index (χ0) is 13.2. The number of halogens is 1. The monoisotopic (exact) mass is 275 g/mol. The Hall–Kier alpha value is -1.35. The molecule has 3 nitrogen and oxygen atoms in total. The summed E-state index contributed by atoms with van der Waals surface area (Å²) in [5.41, 5.74) is 0. The van der Waals surface area contributed by atoms with Crippen LogP contribution in [0.15, 0.2) is 24.3 Å². The van der Waals surface area contributed by atoms with Crippen LogP contribution in [0.3, 0.4) is 0 Å². The number of hydrogen-bond donors (Lipinski definition) is 1. The molecule has 1 aliphatic rings. The lowest BCUT2D eigenvalue weighted by atomic mass is 10.00. The molecule has 0 amide bonds. The van der Waals surface area contributed by atoms with E-state index in [1.54, 1.807) is 0 Å². The average molecular weight is 276 g/mol. The summed E-state index contributed by atoms with van der Waals surface area (Å²) in [5, 5.41) is 14.3. The highest BCUT2D eigenvalue weighted by molar-refractivity contribution is 6.34. The number of aromatic nitrogens is 2. The number of anilines is 1. The lowest BCUT2D eigenvalue weighted by molar-refractivity contribution is 0.481. The van der Waals surface area contributed by atoms with Gasteiger partial charge >= 0.3 is 0 Å². The van der Waals surface area contributed by atoms with Gasteiger partial charge in [0.15, 0.2) is 11.0 Å². The lowest BCUT2D eigenvalue weighted by Crippen LogP contribution is -2.24. The van der Waals surface area contributed by atoms with Gasteiger partial charge in [0.1, 0.15) is 0 Å². The zero-order valence-electron chi connectivity index (χ0n) is 11.1. The molecule has 3 rings (SSSR count). The predicted octanol–water partition coefficient (Wildman–Crippen LogP) is 4.27. The quantitative estimate of drug-likeness (QED) is 0.909. The van der Waals surface area contributed by atoms with E-state index >= 15 is 0 Å². The van der Waals surface area contributed by atoms with E-state index in [2.05, 4.69) is 22.4 Å². The minimum absolute atomic E-state index is 0.432. The molecule has 1 aromatic heterocycles. The number of nitrogens with one attached hydrogen (secondary N) is 1. The van der Waals surface area contributed by atoms with E-state index in [4.69, 9.17) is 11.6 Å². The zero-order valence-corrected chi connectivity index (χ0v) is 11.8. The van der Waals surface area contributed by atoms with Crippen molar-refractivity contribution in [2.75, 3.05) is 5.32 Å². The van der Waals surface area contributed by atoms with Gasteiger partial charge in [-0.25, -0.2) is 0 Å². The topological polar surface area (TPSA) is 37.8 Å². The van der Waals surface area contributed by atoms with Gasteiger partial charge in [0.25, 0.3) is 0 Å². The smallest absolute Gasteiger partial charge is 0.159 e.